The van der Waals surface area contributed by atoms with Crippen molar-refractivity contribution in [2.45, 2.75) is 13.8 Å². The van der Waals surface area contributed by atoms with Crippen LogP contribution in [0.3, 0.4) is 0 Å². The van der Waals surface area contributed by atoms with Gasteiger partial charge in [-0.15, -0.1) is 12.4 Å². The van der Waals surface area contributed by atoms with E-state index in [0.717, 1.165) is 6.07 Å². The van der Waals surface area contributed by atoms with E-state index in [1.807, 2.05) is 0 Å². The summed E-state index contributed by atoms with van der Waals surface area (Å²) in [4.78, 5) is 33.1. The number of phenols is 2. The number of aromatic nitrogens is 2. The second kappa shape index (κ2) is 11.5. The zero-order chi connectivity index (χ0) is 22.3. The molecule has 0 saturated heterocycles. The number of carbonyl (C=O) groups is 2. The Morgan fingerprint density at radius 2 is 1.77 bits per heavy atom. The van der Waals surface area contributed by atoms with Crippen molar-refractivity contribution in [3.8, 4) is 11.5 Å². The van der Waals surface area contributed by atoms with Crippen LogP contribution in [-0.2, 0) is 4.74 Å². The lowest BCUT2D eigenvalue weighted by molar-refractivity contribution is 0.0522. The molecule has 0 radical (unpaired) electrons. The fourth-order valence-electron chi connectivity index (χ4n) is 1.99. The molecule has 30 heavy (non-hydrogen) atoms. The summed E-state index contributed by atoms with van der Waals surface area (Å²) in [6.07, 6.45) is 0. The van der Waals surface area contributed by atoms with E-state index in [-0.39, 0.29) is 58.6 Å². The highest BCUT2D eigenvalue weighted by atomic mass is 35.5. The topological polar surface area (TPSA) is 226 Å². The third-order valence-electron chi connectivity index (χ3n) is 3.12. The molecule has 1 aromatic heterocycles. The van der Waals surface area contributed by atoms with E-state index in [2.05, 4.69) is 15.0 Å². The van der Waals surface area contributed by atoms with Crippen molar-refractivity contribution in [2.75, 3.05) is 18.1 Å². The van der Waals surface area contributed by atoms with Gasteiger partial charge < -0.3 is 37.9 Å². The Morgan fingerprint density at radius 3 is 2.27 bits per heavy atom. The number of benzene rings is 1. The van der Waals surface area contributed by atoms with Crippen molar-refractivity contribution < 1.29 is 24.5 Å². The first kappa shape index (κ1) is 26.5. The number of nitrogens with zero attached hydrogens (tertiary/aromatic N) is 3. The SMILES string of the molecule is CCOC(=O)c1c(C)cc(O)cc1O.Cl.NC(N)=NC(=O)c1nc(Cl)c(N)nc1N. The number of hydrogen-bond donors (Lipinski definition) is 6. The highest BCUT2D eigenvalue weighted by Gasteiger charge is 2.16. The molecule has 0 aliphatic heterocycles. The molecule has 2 aromatic rings. The van der Waals surface area contributed by atoms with Crippen LogP contribution < -0.4 is 22.9 Å². The lowest BCUT2D eigenvalue weighted by Gasteiger charge is -2.07. The largest absolute Gasteiger partial charge is 0.508 e. The molecule has 0 atom stereocenters. The molecule has 1 amide bonds. The first-order chi connectivity index (χ1) is 13.5. The number of carbonyl (C=O) groups excluding carboxylic acids is 2. The van der Waals surface area contributed by atoms with E-state index in [0.29, 0.717) is 5.56 Å². The minimum Gasteiger partial charge on any atom is -0.508 e. The zero-order valence-corrected chi connectivity index (χ0v) is 17.5. The number of nitrogen functional groups attached to an aromatic ring is 2. The Bertz CT molecular complexity index is 942. The van der Waals surface area contributed by atoms with E-state index in [9.17, 15) is 14.7 Å². The second-order valence-electron chi connectivity index (χ2n) is 5.35. The smallest absolute Gasteiger partial charge is 0.342 e. The van der Waals surface area contributed by atoms with Gasteiger partial charge in [-0.2, -0.15) is 4.99 Å². The van der Waals surface area contributed by atoms with Gasteiger partial charge in [-0.3, -0.25) is 4.79 Å². The molecule has 0 saturated carbocycles. The van der Waals surface area contributed by atoms with Crippen molar-refractivity contribution in [1.29, 1.82) is 0 Å². The van der Waals surface area contributed by atoms with Gasteiger partial charge in [0.2, 0.25) is 0 Å². The third kappa shape index (κ3) is 7.14. The maximum absolute atomic E-state index is 11.3. The highest BCUT2D eigenvalue weighted by molar-refractivity contribution is 6.31. The lowest BCUT2D eigenvalue weighted by atomic mass is 10.1. The Morgan fingerprint density at radius 1 is 1.17 bits per heavy atom. The van der Waals surface area contributed by atoms with Crippen LogP contribution in [0.15, 0.2) is 17.1 Å². The fourth-order valence-corrected chi connectivity index (χ4v) is 2.11. The van der Waals surface area contributed by atoms with E-state index in [1.54, 1.807) is 13.8 Å². The van der Waals surface area contributed by atoms with Crippen LogP contribution in [0.2, 0.25) is 5.15 Å². The van der Waals surface area contributed by atoms with Crippen LogP contribution in [0.4, 0.5) is 11.6 Å². The Labute approximate surface area is 182 Å². The molecule has 2 rings (SSSR count). The van der Waals surface area contributed by atoms with Gasteiger partial charge in [-0.05, 0) is 25.5 Å². The molecule has 14 heteroatoms. The minimum absolute atomic E-state index is 0. The molecule has 1 heterocycles. The first-order valence-corrected chi connectivity index (χ1v) is 8.27. The van der Waals surface area contributed by atoms with Gasteiger partial charge in [-0.1, -0.05) is 11.6 Å². The monoisotopic (exact) mass is 461 g/mol. The van der Waals surface area contributed by atoms with Gasteiger partial charge in [-0.25, -0.2) is 14.8 Å². The fraction of sp³-hybridized carbons (Fsp3) is 0.188. The summed E-state index contributed by atoms with van der Waals surface area (Å²) in [7, 11) is 0. The van der Waals surface area contributed by atoms with E-state index in [1.165, 1.54) is 6.07 Å². The molecular formula is C16H21Cl2N7O5. The number of amides is 1. The highest BCUT2D eigenvalue weighted by Crippen LogP contribution is 2.27. The molecule has 0 spiro atoms. The number of esters is 1. The number of anilines is 2. The summed E-state index contributed by atoms with van der Waals surface area (Å²) in [5, 5.41) is 18.4. The quantitative estimate of drug-likeness (QED) is 0.211. The van der Waals surface area contributed by atoms with E-state index >= 15 is 0 Å². The standard InChI is InChI=1S/C10H12O4.C6H8ClN7O.ClH/c1-3-14-10(13)9-6(2)4-7(11)5-8(9)12;7-2-4(9)13-3(8)1(12-2)5(15)14-6(10)11;/h4-5,11-12H,3H2,1-2H3;(H4,8,9,13)(H4,10,11,14,15);1H. The predicted octanol–water partition coefficient (Wildman–Crippen LogP) is 0.713. The Kier molecular flexibility index (Phi) is 10.1. The summed E-state index contributed by atoms with van der Waals surface area (Å²) in [6.45, 7) is 3.55. The van der Waals surface area contributed by atoms with Crippen molar-refractivity contribution in [3.05, 3.63) is 34.1 Å². The van der Waals surface area contributed by atoms with Crippen molar-refractivity contribution >= 4 is 53.5 Å². The molecule has 0 bridgehead atoms. The number of hydrogen-bond acceptors (Lipinski definition) is 9. The normalized spacial score (nSPS) is 9.43. The molecular weight excluding hydrogens is 441 g/mol. The zero-order valence-electron chi connectivity index (χ0n) is 15.9. The van der Waals surface area contributed by atoms with E-state index < -0.39 is 17.8 Å². The lowest BCUT2D eigenvalue weighted by Crippen LogP contribution is -2.24. The van der Waals surface area contributed by atoms with Crippen LogP contribution >= 0.6 is 24.0 Å². The van der Waals surface area contributed by atoms with Crippen molar-refractivity contribution in [2.24, 2.45) is 16.5 Å². The first-order valence-electron chi connectivity index (χ1n) is 7.90. The molecule has 1 aromatic carbocycles. The minimum atomic E-state index is -0.832. The molecule has 0 unspecified atom stereocenters. The number of aliphatic imine (C=N–C) groups is 1. The molecule has 0 fully saturated rings. The molecule has 12 nitrogen and oxygen atoms in total. The molecule has 164 valence electrons. The van der Waals surface area contributed by atoms with Gasteiger partial charge in [0.1, 0.15) is 17.1 Å². The van der Waals surface area contributed by atoms with Crippen LogP contribution in [0.1, 0.15) is 33.3 Å². The van der Waals surface area contributed by atoms with E-state index in [4.69, 9.17) is 44.4 Å². The van der Waals surface area contributed by atoms with Crippen LogP contribution in [0, 0.1) is 6.92 Å². The summed E-state index contributed by atoms with van der Waals surface area (Å²) in [5.74, 6) is -2.42. The second-order valence-corrected chi connectivity index (χ2v) is 5.71. The van der Waals surface area contributed by atoms with Gasteiger partial charge in [0, 0.05) is 6.07 Å². The average Bonchev–Trinajstić information content (AvgIpc) is 2.57. The Hall–Kier alpha value is -3.51. The summed E-state index contributed by atoms with van der Waals surface area (Å²) in [6, 6.07) is 2.51. The molecule has 0 aliphatic rings. The predicted molar refractivity (Wildman–Crippen MR) is 114 cm³/mol. The number of phenolic OH excluding ortho intramolecular Hbond substituents is 2. The van der Waals surface area contributed by atoms with Crippen LogP contribution in [0.5, 0.6) is 11.5 Å². The van der Waals surface area contributed by atoms with Crippen molar-refractivity contribution in [3.63, 3.8) is 0 Å². The average molecular weight is 462 g/mol. The molecule has 0 aliphatic carbocycles. The number of aryl methyl sites for hydroxylation is 1. The van der Waals surface area contributed by atoms with Gasteiger partial charge in [0.05, 0.1) is 6.61 Å². The van der Waals surface area contributed by atoms with Gasteiger partial charge in [0.25, 0.3) is 0 Å². The maximum atomic E-state index is 11.3. The number of ether oxygens (including phenoxy) is 1. The number of aromatic hydroxyl groups is 2. The Balaban J connectivity index is 0.000000544. The summed E-state index contributed by atoms with van der Waals surface area (Å²) < 4.78 is 4.75. The van der Waals surface area contributed by atoms with Gasteiger partial charge >= 0.3 is 11.9 Å². The van der Waals surface area contributed by atoms with Crippen LogP contribution in [-0.4, -0.2) is 44.6 Å². The number of nitrogens with two attached hydrogens (primary N) is 4. The maximum Gasteiger partial charge on any atom is 0.342 e. The summed E-state index contributed by atoms with van der Waals surface area (Å²) in [5.41, 5.74) is 21.1. The third-order valence-corrected chi connectivity index (χ3v) is 3.40. The number of rotatable bonds is 3. The summed E-state index contributed by atoms with van der Waals surface area (Å²) >= 11 is 5.55. The van der Waals surface area contributed by atoms with Crippen LogP contribution in [0.25, 0.3) is 0 Å². The van der Waals surface area contributed by atoms with Crippen molar-refractivity contribution in [1.82, 2.24) is 9.97 Å². The molecule has 10 N–H and O–H groups in total. The van der Waals surface area contributed by atoms with Gasteiger partial charge in [0.15, 0.2) is 28.4 Å². The number of guanidine groups is 1. The number of halogens is 2.